The van der Waals surface area contributed by atoms with Gasteiger partial charge in [-0.2, -0.15) is 0 Å². The van der Waals surface area contributed by atoms with Gasteiger partial charge in [0.2, 0.25) is 11.8 Å². The first-order chi connectivity index (χ1) is 11.8. The quantitative estimate of drug-likeness (QED) is 0.765. The van der Waals surface area contributed by atoms with Gasteiger partial charge in [0.1, 0.15) is 5.60 Å². The highest BCUT2D eigenvalue weighted by Gasteiger charge is 2.66. The predicted molar refractivity (Wildman–Crippen MR) is 94.0 cm³/mol. The number of hydrogen-bond acceptors (Lipinski definition) is 5. The molecule has 0 aliphatic carbocycles. The lowest BCUT2D eigenvalue weighted by Gasteiger charge is -2.27. The van der Waals surface area contributed by atoms with Gasteiger partial charge in [0.05, 0.1) is 41.7 Å². The molecule has 0 N–H and O–H groups in total. The van der Waals surface area contributed by atoms with Crippen LogP contribution in [0.3, 0.4) is 0 Å². The monoisotopic (exact) mass is 361 g/mol. The maximum absolute atomic E-state index is 13.1. The van der Waals surface area contributed by atoms with Crippen molar-refractivity contribution in [2.45, 2.75) is 38.0 Å². The van der Waals surface area contributed by atoms with Gasteiger partial charge in [-0.15, -0.1) is 11.3 Å². The second-order valence-electron chi connectivity index (χ2n) is 7.62. The van der Waals surface area contributed by atoms with Gasteiger partial charge in [0.15, 0.2) is 0 Å². The number of fused-ring (bicyclic) bond motifs is 1. The lowest BCUT2D eigenvalue weighted by molar-refractivity contribution is -0.142. The minimum absolute atomic E-state index is 0.00866. The standard InChI is InChI=1S/C18H23N3O3S/c1-10(2)15-19-11(8-25-15)7-20(3)16(22)13-12-5-6-18(24-12)9-21(4)17(23)14(13)18/h5-6,8,10,12-14H,7,9H2,1-4H3/t12-,13-,14+,18-/m0/s1. The Hall–Kier alpha value is -1.73. The van der Waals surface area contributed by atoms with Crippen molar-refractivity contribution in [2.24, 2.45) is 11.8 Å². The molecule has 3 aliphatic heterocycles. The molecule has 3 aliphatic rings. The highest BCUT2D eigenvalue weighted by molar-refractivity contribution is 7.09. The van der Waals surface area contributed by atoms with E-state index in [1.165, 1.54) is 0 Å². The van der Waals surface area contributed by atoms with Crippen molar-refractivity contribution in [1.82, 2.24) is 14.8 Å². The fourth-order valence-corrected chi connectivity index (χ4v) is 5.04. The van der Waals surface area contributed by atoms with Crippen molar-refractivity contribution in [2.75, 3.05) is 20.6 Å². The summed E-state index contributed by atoms with van der Waals surface area (Å²) >= 11 is 1.63. The molecule has 2 fully saturated rings. The Morgan fingerprint density at radius 2 is 2.32 bits per heavy atom. The normalized spacial score (nSPS) is 32.8. The Morgan fingerprint density at radius 3 is 3.00 bits per heavy atom. The van der Waals surface area contributed by atoms with Crippen molar-refractivity contribution in [3.05, 3.63) is 28.2 Å². The van der Waals surface area contributed by atoms with Crippen LogP contribution in [0.1, 0.15) is 30.5 Å². The van der Waals surface area contributed by atoms with Crippen molar-refractivity contribution in [3.8, 4) is 0 Å². The molecule has 2 amide bonds. The summed E-state index contributed by atoms with van der Waals surface area (Å²) in [7, 11) is 3.55. The number of carbonyl (C=O) groups excluding carboxylic acids is 2. The van der Waals surface area contributed by atoms with E-state index in [1.54, 1.807) is 35.2 Å². The number of hydrogen-bond donors (Lipinski definition) is 0. The van der Waals surface area contributed by atoms with E-state index < -0.39 is 17.4 Å². The number of amides is 2. The summed E-state index contributed by atoms with van der Waals surface area (Å²) in [6.07, 6.45) is 3.63. The Kier molecular flexibility index (Phi) is 3.77. The van der Waals surface area contributed by atoms with Gasteiger partial charge in [-0.05, 0) is 0 Å². The van der Waals surface area contributed by atoms with Crippen molar-refractivity contribution >= 4 is 23.2 Å². The molecule has 134 valence electrons. The third-order valence-corrected chi connectivity index (χ3v) is 6.61. The third-order valence-electron chi connectivity index (χ3n) is 5.41. The van der Waals surface area contributed by atoms with E-state index in [9.17, 15) is 9.59 Å². The summed E-state index contributed by atoms with van der Waals surface area (Å²) in [5, 5.41) is 3.08. The van der Waals surface area contributed by atoms with Gasteiger partial charge in [-0.1, -0.05) is 26.0 Å². The molecule has 0 unspecified atom stereocenters. The number of aromatic nitrogens is 1. The molecule has 1 spiro atoms. The molecule has 25 heavy (non-hydrogen) atoms. The van der Waals surface area contributed by atoms with Crippen LogP contribution in [-0.2, 0) is 20.9 Å². The fraction of sp³-hybridized carbons (Fsp3) is 0.611. The maximum atomic E-state index is 13.1. The number of thiazole rings is 1. The van der Waals surface area contributed by atoms with Crippen molar-refractivity contribution in [3.63, 3.8) is 0 Å². The molecule has 4 heterocycles. The Balaban J connectivity index is 1.52. The Bertz CT molecular complexity index is 759. The van der Waals surface area contributed by atoms with Crippen LogP contribution >= 0.6 is 11.3 Å². The van der Waals surface area contributed by atoms with E-state index in [2.05, 4.69) is 18.8 Å². The molecule has 2 saturated heterocycles. The summed E-state index contributed by atoms with van der Waals surface area (Å²) in [5.41, 5.74) is 0.289. The van der Waals surface area contributed by atoms with Gasteiger partial charge in [-0.25, -0.2) is 4.98 Å². The topological polar surface area (TPSA) is 62.7 Å². The van der Waals surface area contributed by atoms with Gasteiger partial charge in [0.25, 0.3) is 0 Å². The third kappa shape index (κ3) is 2.44. The van der Waals surface area contributed by atoms with Gasteiger partial charge in [-0.3, -0.25) is 9.59 Å². The average Bonchev–Trinajstić information content (AvgIpc) is 3.29. The molecule has 2 bridgehead atoms. The molecule has 6 nitrogen and oxygen atoms in total. The summed E-state index contributed by atoms with van der Waals surface area (Å²) in [4.78, 5) is 33.6. The highest BCUT2D eigenvalue weighted by Crippen LogP contribution is 2.51. The number of carbonyl (C=O) groups is 2. The maximum Gasteiger partial charge on any atom is 0.229 e. The molecular formula is C18H23N3O3S. The first-order valence-electron chi connectivity index (χ1n) is 8.64. The lowest BCUT2D eigenvalue weighted by atomic mass is 9.76. The van der Waals surface area contributed by atoms with Crippen LogP contribution < -0.4 is 0 Å². The Morgan fingerprint density at radius 1 is 1.56 bits per heavy atom. The molecule has 7 heteroatoms. The molecular weight excluding hydrogens is 338 g/mol. The predicted octanol–water partition coefficient (Wildman–Crippen LogP) is 1.64. The van der Waals surface area contributed by atoms with Gasteiger partial charge in [0, 0.05) is 25.4 Å². The molecule has 1 aromatic rings. The highest BCUT2D eigenvalue weighted by atomic mass is 32.1. The van der Waals surface area contributed by atoms with Gasteiger partial charge >= 0.3 is 0 Å². The lowest BCUT2D eigenvalue weighted by Crippen LogP contribution is -2.44. The summed E-state index contributed by atoms with van der Waals surface area (Å²) in [5.74, 6) is -0.478. The van der Waals surface area contributed by atoms with Crippen molar-refractivity contribution < 1.29 is 14.3 Å². The second-order valence-corrected chi connectivity index (χ2v) is 8.51. The average molecular weight is 361 g/mol. The number of likely N-dealkylation sites (N-methyl/N-ethyl adjacent to an activating group) is 1. The largest absolute Gasteiger partial charge is 0.360 e. The smallest absolute Gasteiger partial charge is 0.229 e. The number of nitrogens with zero attached hydrogens (tertiary/aromatic N) is 3. The zero-order valence-electron chi connectivity index (χ0n) is 14.9. The van der Waals surface area contributed by atoms with E-state index in [4.69, 9.17) is 4.74 Å². The zero-order valence-corrected chi connectivity index (χ0v) is 15.7. The van der Waals surface area contributed by atoms with Crippen LogP contribution in [-0.4, -0.2) is 58.9 Å². The number of rotatable bonds is 4. The van der Waals surface area contributed by atoms with E-state index in [-0.39, 0.29) is 17.9 Å². The first-order valence-corrected chi connectivity index (χ1v) is 9.52. The van der Waals surface area contributed by atoms with Crippen LogP contribution in [0.15, 0.2) is 17.5 Å². The van der Waals surface area contributed by atoms with Crippen LogP contribution in [0.5, 0.6) is 0 Å². The molecule has 4 atom stereocenters. The van der Waals surface area contributed by atoms with Crippen LogP contribution in [0, 0.1) is 11.8 Å². The SMILES string of the molecule is CC(C)c1nc(CN(C)C(=O)[C@H]2[C@@H]3C=C[C@@]4(CN(C)C(=O)[C@@H]24)O3)cs1. The minimum Gasteiger partial charge on any atom is -0.360 e. The molecule has 0 aromatic carbocycles. The van der Waals surface area contributed by atoms with E-state index in [0.29, 0.717) is 19.0 Å². The number of ether oxygens (including phenoxy) is 1. The second kappa shape index (κ2) is 5.64. The van der Waals surface area contributed by atoms with Crippen molar-refractivity contribution in [1.29, 1.82) is 0 Å². The number of likely N-dealkylation sites (tertiary alicyclic amines) is 1. The van der Waals surface area contributed by atoms with E-state index in [0.717, 1.165) is 10.7 Å². The zero-order chi connectivity index (χ0) is 17.9. The van der Waals surface area contributed by atoms with E-state index >= 15 is 0 Å². The summed E-state index contributed by atoms with van der Waals surface area (Å²) in [6.45, 7) is 5.20. The van der Waals surface area contributed by atoms with Crippen LogP contribution in [0.4, 0.5) is 0 Å². The molecule has 0 saturated carbocycles. The van der Waals surface area contributed by atoms with Gasteiger partial charge < -0.3 is 14.5 Å². The minimum atomic E-state index is -0.608. The summed E-state index contributed by atoms with van der Waals surface area (Å²) < 4.78 is 6.06. The fourth-order valence-electron chi connectivity index (χ4n) is 4.21. The summed E-state index contributed by atoms with van der Waals surface area (Å²) in [6, 6.07) is 0. The molecule has 0 radical (unpaired) electrons. The first kappa shape index (κ1) is 16.7. The molecule has 1 aromatic heterocycles. The van der Waals surface area contributed by atoms with E-state index in [1.807, 2.05) is 17.5 Å². The molecule has 4 rings (SSSR count). The Labute approximate surface area is 151 Å². The van der Waals surface area contributed by atoms with Crippen LogP contribution in [0.25, 0.3) is 0 Å². The van der Waals surface area contributed by atoms with Crippen LogP contribution in [0.2, 0.25) is 0 Å².